The number of rotatable bonds is 3. The highest BCUT2D eigenvalue weighted by atomic mass is 16.2. The van der Waals surface area contributed by atoms with E-state index in [9.17, 15) is 9.59 Å². The molecular formula is C12H16N4O2. The number of aromatic nitrogens is 2. The third kappa shape index (κ3) is 2.32. The highest BCUT2D eigenvalue weighted by molar-refractivity contribution is 5.96. The average molecular weight is 248 g/mol. The molecule has 18 heavy (non-hydrogen) atoms. The Balaban J connectivity index is 2.18. The third-order valence-corrected chi connectivity index (χ3v) is 3.13. The molecule has 2 atom stereocenters. The van der Waals surface area contributed by atoms with E-state index in [-0.39, 0.29) is 11.8 Å². The summed E-state index contributed by atoms with van der Waals surface area (Å²) in [5.41, 5.74) is 0.731. The lowest BCUT2D eigenvalue weighted by molar-refractivity contribution is -0.149. The van der Waals surface area contributed by atoms with Gasteiger partial charge in [0, 0.05) is 6.20 Å². The summed E-state index contributed by atoms with van der Waals surface area (Å²) in [4.78, 5) is 33.4. The van der Waals surface area contributed by atoms with Crippen molar-refractivity contribution in [3.05, 3.63) is 24.3 Å². The molecular weight excluding hydrogens is 232 g/mol. The summed E-state index contributed by atoms with van der Waals surface area (Å²) in [6.07, 6.45) is 3.65. The lowest BCUT2D eigenvalue weighted by atomic mass is 10.1. The summed E-state index contributed by atoms with van der Waals surface area (Å²) in [6, 6.07) is 0.860. The summed E-state index contributed by atoms with van der Waals surface area (Å²) in [5, 5.41) is 2.72. The number of amides is 2. The minimum absolute atomic E-state index is 0.0526. The Labute approximate surface area is 105 Å². The van der Waals surface area contributed by atoms with Crippen molar-refractivity contribution in [3.63, 3.8) is 0 Å². The molecule has 2 unspecified atom stereocenters. The number of piperazine rings is 1. The van der Waals surface area contributed by atoms with Gasteiger partial charge in [0.05, 0.1) is 12.2 Å². The smallest absolute Gasteiger partial charge is 0.246 e. The zero-order valence-electron chi connectivity index (χ0n) is 10.5. The van der Waals surface area contributed by atoms with E-state index < -0.39 is 12.1 Å². The monoisotopic (exact) mass is 248 g/mol. The van der Waals surface area contributed by atoms with E-state index in [1.54, 1.807) is 24.1 Å². The molecule has 2 amide bonds. The summed E-state index contributed by atoms with van der Waals surface area (Å²) >= 11 is 0. The number of nitrogens with one attached hydrogen (secondary N) is 1. The van der Waals surface area contributed by atoms with Crippen LogP contribution in [0.2, 0.25) is 0 Å². The van der Waals surface area contributed by atoms with Crippen LogP contribution < -0.4 is 5.32 Å². The van der Waals surface area contributed by atoms with Crippen LogP contribution in [0.3, 0.4) is 0 Å². The number of carbonyl (C=O) groups excluding carboxylic acids is 2. The number of nitrogens with zero attached hydrogens (tertiary/aromatic N) is 3. The van der Waals surface area contributed by atoms with Crippen molar-refractivity contribution in [1.82, 2.24) is 20.2 Å². The molecule has 2 rings (SSSR count). The van der Waals surface area contributed by atoms with E-state index in [1.165, 1.54) is 6.33 Å². The fourth-order valence-electron chi connectivity index (χ4n) is 1.96. The molecule has 1 aliphatic rings. The van der Waals surface area contributed by atoms with Crippen LogP contribution in [0.25, 0.3) is 0 Å². The second kappa shape index (κ2) is 5.12. The van der Waals surface area contributed by atoms with E-state index in [0.717, 1.165) is 5.69 Å². The summed E-state index contributed by atoms with van der Waals surface area (Å²) < 4.78 is 0. The van der Waals surface area contributed by atoms with E-state index in [2.05, 4.69) is 15.3 Å². The minimum atomic E-state index is -0.463. The van der Waals surface area contributed by atoms with Gasteiger partial charge in [-0.15, -0.1) is 0 Å². The zero-order valence-corrected chi connectivity index (χ0v) is 10.5. The Morgan fingerprint density at radius 1 is 1.44 bits per heavy atom. The average Bonchev–Trinajstić information content (AvgIpc) is 2.40. The van der Waals surface area contributed by atoms with Gasteiger partial charge in [-0.05, 0) is 19.4 Å². The van der Waals surface area contributed by atoms with Crippen LogP contribution in [-0.2, 0) is 16.1 Å². The normalized spacial score (nSPS) is 24.0. The minimum Gasteiger partial charge on any atom is -0.343 e. The fraction of sp³-hybridized carbons (Fsp3) is 0.500. The van der Waals surface area contributed by atoms with Gasteiger partial charge >= 0.3 is 0 Å². The largest absolute Gasteiger partial charge is 0.343 e. The van der Waals surface area contributed by atoms with Crippen molar-refractivity contribution in [2.24, 2.45) is 0 Å². The molecule has 1 aromatic heterocycles. The van der Waals surface area contributed by atoms with Crippen molar-refractivity contribution >= 4 is 11.8 Å². The Morgan fingerprint density at radius 3 is 2.83 bits per heavy atom. The first-order chi connectivity index (χ1) is 8.63. The molecule has 0 aromatic carbocycles. The molecule has 1 aliphatic heterocycles. The molecule has 0 aliphatic carbocycles. The van der Waals surface area contributed by atoms with Crippen LogP contribution in [-0.4, -0.2) is 38.8 Å². The second-order valence-electron chi connectivity index (χ2n) is 4.31. The predicted molar refractivity (Wildman–Crippen MR) is 64.3 cm³/mol. The first-order valence-electron chi connectivity index (χ1n) is 5.99. The van der Waals surface area contributed by atoms with Gasteiger partial charge in [0.1, 0.15) is 18.4 Å². The topological polar surface area (TPSA) is 75.2 Å². The first kappa shape index (κ1) is 12.5. The summed E-state index contributed by atoms with van der Waals surface area (Å²) in [5.74, 6) is -0.168. The molecule has 0 spiro atoms. The molecule has 1 N–H and O–H groups in total. The van der Waals surface area contributed by atoms with Crippen LogP contribution in [0.1, 0.15) is 26.0 Å². The first-order valence-corrected chi connectivity index (χ1v) is 5.99. The molecule has 6 nitrogen and oxygen atoms in total. The Bertz CT molecular complexity index is 449. The van der Waals surface area contributed by atoms with Crippen LogP contribution in [0.5, 0.6) is 0 Å². The van der Waals surface area contributed by atoms with Crippen LogP contribution in [0.4, 0.5) is 0 Å². The zero-order chi connectivity index (χ0) is 13.1. The van der Waals surface area contributed by atoms with Gasteiger partial charge in [-0.2, -0.15) is 0 Å². The van der Waals surface area contributed by atoms with E-state index >= 15 is 0 Å². The Kier molecular flexibility index (Phi) is 3.55. The van der Waals surface area contributed by atoms with Crippen molar-refractivity contribution < 1.29 is 9.59 Å². The fourth-order valence-corrected chi connectivity index (χ4v) is 1.96. The lowest BCUT2D eigenvalue weighted by Gasteiger charge is -2.36. The van der Waals surface area contributed by atoms with E-state index in [0.29, 0.717) is 13.0 Å². The van der Waals surface area contributed by atoms with Crippen LogP contribution in [0, 0.1) is 0 Å². The van der Waals surface area contributed by atoms with Crippen molar-refractivity contribution in [2.45, 2.75) is 38.9 Å². The standard InChI is InChI=1S/C12H16N4O2/c1-3-10-12(18)16(8(2)11(17)15-10)6-9-4-5-13-7-14-9/h4-5,7-8,10H,3,6H2,1-2H3,(H,15,17). The lowest BCUT2D eigenvalue weighted by Crippen LogP contribution is -2.61. The van der Waals surface area contributed by atoms with Gasteiger partial charge < -0.3 is 10.2 Å². The summed E-state index contributed by atoms with van der Waals surface area (Å²) in [6.45, 7) is 3.94. The number of carbonyl (C=O) groups is 2. The maximum Gasteiger partial charge on any atom is 0.246 e. The van der Waals surface area contributed by atoms with Crippen molar-refractivity contribution in [3.8, 4) is 0 Å². The van der Waals surface area contributed by atoms with Gasteiger partial charge in [0.25, 0.3) is 0 Å². The van der Waals surface area contributed by atoms with Gasteiger partial charge in [-0.1, -0.05) is 6.92 Å². The molecule has 0 bridgehead atoms. The van der Waals surface area contributed by atoms with E-state index in [1.807, 2.05) is 6.92 Å². The maximum atomic E-state index is 12.2. The quantitative estimate of drug-likeness (QED) is 0.823. The molecule has 1 saturated heterocycles. The molecule has 96 valence electrons. The number of hydrogen-bond acceptors (Lipinski definition) is 4. The molecule has 0 saturated carbocycles. The molecule has 0 radical (unpaired) electrons. The highest BCUT2D eigenvalue weighted by Gasteiger charge is 2.37. The molecule has 2 heterocycles. The van der Waals surface area contributed by atoms with Gasteiger partial charge in [0.2, 0.25) is 11.8 Å². The maximum absolute atomic E-state index is 12.2. The van der Waals surface area contributed by atoms with Gasteiger partial charge in [-0.25, -0.2) is 9.97 Å². The third-order valence-electron chi connectivity index (χ3n) is 3.13. The Morgan fingerprint density at radius 2 is 2.22 bits per heavy atom. The highest BCUT2D eigenvalue weighted by Crippen LogP contribution is 2.14. The SMILES string of the molecule is CCC1NC(=O)C(C)N(Cc2ccncn2)C1=O. The molecule has 6 heteroatoms. The number of hydrogen-bond donors (Lipinski definition) is 1. The molecule has 1 fully saturated rings. The second-order valence-corrected chi connectivity index (χ2v) is 4.31. The predicted octanol–water partition coefficient (Wildman–Crippen LogP) is 0.102. The van der Waals surface area contributed by atoms with Gasteiger partial charge in [0.15, 0.2) is 0 Å². The van der Waals surface area contributed by atoms with E-state index in [4.69, 9.17) is 0 Å². The summed E-state index contributed by atoms with van der Waals surface area (Å²) in [7, 11) is 0. The Hall–Kier alpha value is -1.98. The van der Waals surface area contributed by atoms with Crippen molar-refractivity contribution in [1.29, 1.82) is 0 Å². The van der Waals surface area contributed by atoms with Crippen LogP contribution in [0.15, 0.2) is 18.6 Å². The van der Waals surface area contributed by atoms with Gasteiger partial charge in [-0.3, -0.25) is 9.59 Å². The van der Waals surface area contributed by atoms with Crippen LogP contribution >= 0.6 is 0 Å². The molecule has 1 aromatic rings. The van der Waals surface area contributed by atoms with Crippen molar-refractivity contribution in [2.75, 3.05) is 0 Å².